The van der Waals surface area contributed by atoms with E-state index < -0.39 is 0 Å². The first-order chi connectivity index (χ1) is 15.6. The molecule has 3 nitrogen and oxygen atoms in total. The van der Waals surface area contributed by atoms with Crippen molar-refractivity contribution in [1.29, 1.82) is 0 Å². The second kappa shape index (κ2) is 8.77. The van der Waals surface area contributed by atoms with E-state index in [0.29, 0.717) is 6.42 Å². The molecule has 0 amide bonds. The van der Waals surface area contributed by atoms with Crippen molar-refractivity contribution in [1.82, 2.24) is 0 Å². The first-order valence-corrected chi connectivity index (χ1v) is 12.3. The van der Waals surface area contributed by atoms with E-state index in [4.69, 9.17) is 4.74 Å². The highest BCUT2D eigenvalue weighted by Gasteiger charge is 2.32. The third kappa shape index (κ3) is 3.90. The summed E-state index contributed by atoms with van der Waals surface area (Å²) in [6.45, 7) is 1.67. The van der Waals surface area contributed by atoms with Crippen LogP contribution in [0, 0.1) is 0 Å². The Hall–Kier alpha value is -3.15. The van der Waals surface area contributed by atoms with E-state index in [1.165, 1.54) is 10.4 Å². The minimum absolute atomic E-state index is 0.106. The van der Waals surface area contributed by atoms with E-state index in [1.807, 2.05) is 6.07 Å². The van der Waals surface area contributed by atoms with Gasteiger partial charge in [-0.2, -0.15) is 11.3 Å². The molecule has 0 fully saturated rings. The van der Waals surface area contributed by atoms with Gasteiger partial charge in [0.25, 0.3) is 0 Å². The number of hydrogen-bond acceptors (Lipinski definition) is 5. The monoisotopic (exact) mass is 457 g/mol. The topological polar surface area (TPSA) is 29.5 Å². The molecule has 1 unspecified atom stereocenters. The lowest BCUT2D eigenvalue weighted by atomic mass is 9.88. The number of Topliss-reactive ketones (excluding diaryl/α,β-unsaturated/α-hetero) is 1. The summed E-state index contributed by atoms with van der Waals surface area (Å²) in [5, 5.41) is 6.36. The van der Waals surface area contributed by atoms with Gasteiger partial charge in [-0.05, 0) is 76.8 Å². The zero-order valence-electron chi connectivity index (χ0n) is 17.9. The third-order valence-corrected chi connectivity index (χ3v) is 7.37. The van der Waals surface area contributed by atoms with E-state index in [0.717, 1.165) is 33.8 Å². The molecular formula is C27H23NO2S2. The summed E-state index contributed by atoms with van der Waals surface area (Å²) in [4.78, 5) is 15.9. The number of fused-ring (bicyclic) bond motifs is 1. The molecule has 4 aromatic rings. The maximum absolute atomic E-state index is 12.4. The van der Waals surface area contributed by atoms with Gasteiger partial charge in [0.15, 0.2) is 0 Å². The quantitative estimate of drug-likeness (QED) is 0.300. The smallest absolute Gasteiger partial charge is 0.132 e. The molecule has 3 heterocycles. The third-order valence-electron chi connectivity index (χ3n) is 5.77. The van der Waals surface area contributed by atoms with Gasteiger partial charge in [-0.25, -0.2) is 0 Å². The number of thiophene rings is 2. The van der Waals surface area contributed by atoms with E-state index in [9.17, 15) is 4.79 Å². The molecule has 0 radical (unpaired) electrons. The van der Waals surface area contributed by atoms with Crippen LogP contribution in [0.3, 0.4) is 0 Å². The predicted molar refractivity (Wildman–Crippen MR) is 135 cm³/mol. The normalized spacial score (nSPS) is 15.2. The molecular weight excluding hydrogens is 434 g/mol. The van der Waals surface area contributed by atoms with Crippen molar-refractivity contribution < 1.29 is 9.53 Å². The van der Waals surface area contributed by atoms with Crippen LogP contribution < -0.4 is 9.64 Å². The molecule has 32 heavy (non-hydrogen) atoms. The Balaban J connectivity index is 1.66. The minimum atomic E-state index is -0.106. The fraction of sp³-hybridized carbons (Fsp3) is 0.148. The standard InChI is InChI=1S/C27H23NO2S2/c1-18(29)14-26-24-16-23(30-2)10-7-20(24)15-25(21-11-13-31-17-21)28(26)22-8-5-19(6-9-22)27-4-3-12-32-27/h3-13,15-17,26H,14H2,1-2H3. The molecule has 0 saturated heterocycles. The van der Waals surface area contributed by atoms with Crippen LogP contribution in [-0.2, 0) is 4.79 Å². The molecule has 5 heteroatoms. The Labute approximate surface area is 196 Å². The van der Waals surface area contributed by atoms with E-state index >= 15 is 0 Å². The SMILES string of the molecule is COc1ccc2c(c1)C(CC(C)=O)N(c1ccc(-c3cccs3)cc1)C(c1ccsc1)=C2. The van der Waals surface area contributed by atoms with Crippen LogP contribution in [-0.4, -0.2) is 12.9 Å². The maximum atomic E-state index is 12.4. The van der Waals surface area contributed by atoms with Crippen LogP contribution in [0.25, 0.3) is 22.2 Å². The number of methoxy groups -OCH3 is 1. The van der Waals surface area contributed by atoms with Gasteiger partial charge in [0, 0.05) is 27.9 Å². The second-order valence-corrected chi connectivity index (χ2v) is 9.58. The van der Waals surface area contributed by atoms with Crippen molar-refractivity contribution in [3.63, 3.8) is 0 Å². The highest BCUT2D eigenvalue weighted by molar-refractivity contribution is 7.13. The number of ketones is 1. The molecule has 2 aromatic carbocycles. The number of nitrogens with zero attached hydrogens (tertiary/aromatic N) is 1. The molecule has 0 spiro atoms. The number of carbonyl (C=O) groups is 1. The molecule has 0 N–H and O–H groups in total. The zero-order chi connectivity index (χ0) is 22.1. The molecule has 1 atom stereocenters. The largest absolute Gasteiger partial charge is 0.497 e. The van der Waals surface area contributed by atoms with Crippen LogP contribution in [0.1, 0.15) is 36.1 Å². The Morgan fingerprint density at radius 3 is 2.53 bits per heavy atom. The number of hydrogen-bond donors (Lipinski definition) is 0. The molecule has 1 aliphatic rings. The summed E-state index contributed by atoms with van der Waals surface area (Å²) in [6, 6.07) is 21.0. The van der Waals surface area contributed by atoms with Crippen molar-refractivity contribution in [2.45, 2.75) is 19.4 Å². The maximum Gasteiger partial charge on any atom is 0.132 e. The first kappa shape index (κ1) is 20.7. The molecule has 1 aliphatic heterocycles. The molecule has 5 rings (SSSR count). The average Bonchev–Trinajstić information content (AvgIpc) is 3.53. The molecule has 0 bridgehead atoms. The number of ether oxygens (including phenoxy) is 1. The van der Waals surface area contributed by atoms with Gasteiger partial charge in [-0.1, -0.05) is 24.3 Å². The minimum Gasteiger partial charge on any atom is -0.497 e. The molecule has 0 saturated carbocycles. The lowest BCUT2D eigenvalue weighted by Gasteiger charge is -2.39. The summed E-state index contributed by atoms with van der Waals surface area (Å²) in [5.41, 5.74) is 6.78. The number of carbonyl (C=O) groups excluding carboxylic acids is 1. The van der Waals surface area contributed by atoms with Crippen LogP contribution in [0.2, 0.25) is 0 Å². The Morgan fingerprint density at radius 1 is 1.03 bits per heavy atom. The van der Waals surface area contributed by atoms with Crippen molar-refractivity contribution in [2.75, 3.05) is 12.0 Å². The van der Waals surface area contributed by atoms with Gasteiger partial charge in [-0.3, -0.25) is 4.79 Å². The number of benzene rings is 2. The van der Waals surface area contributed by atoms with Crippen molar-refractivity contribution in [2.24, 2.45) is 0 Å². The summed E-state index contributed by atoms with van der Waals surface area (Å²) >= 11 is 3.42. The average molecular weight is 458 g/mol. The summed E-state index contributed by atoms with van der Waals surface area (Å²) in [6.07, 6.45) is 2.65. The van der Waals surface area contributed by atoms with Gasteiger partial charge >= 0.3 is 0 Å². The predicted octanol–water partition coefficient (Wildman–Crippen LogP) is 7.52. The van der Waals surface area contributed by atoms with Gasteiger partial charge in [0.05, 0.1) is 18.8 Å². The van der Waals surface area contributed by atoms with Crippen molar-refractivity contribution in [3.05, 3.63) is 93.5 Å². The van der Waals surface area contributed by atoms with Gasteiger partial charge in [0.2, 0.25) is 0 Å². The number of anilines is 1. The summed E-state index contributed by atoms with van der Waals surface area (Å²) < 4.78 is 5.51. The van der Waals surface area contributed by atoms with Crippen LogP contribution in [0.15, 0.2) is 76.8 Å². The van der Waals surface area contributed by atoms with Crippen LogP contribution in [0.5, 0.6) is 5.75 Å². The Morgan fingerprint density at radius 2 is 1.88 bits per heavy atom. The van der Waals surface area contributed by atoms with Gasteiger partial charge < -0.3 is 9.64 Å². The van der Waals surface area contributed by atoms with E-state index in [-0.39, 0.29) is 11.8 Å². The second-order valence-electron chi connectivity index (χ2n) is 7.85. The van der Waals surface area contributed by atoms with Gasteiger partial charge in [-0.15, -0.1) is 11.3 Å². The van der Waals surface area contributed by atoms with Crippen molar-refractivity contribution in [3.8, 4) is 16.2 Å². The highest BCUT2D eigenvalue weighted by atomic mass is 32.1. The fourth-order valence-electron chi connectivity index (χ4n) is 4.28. The molecule has 2 aromatic heterocycles. The highest BCUT2D eigenvalue weighted by Crippen LogP contribution is 2.45. The van der Waals surface area contributed by atoms with E-state index in [1.54, 1.807) is 36.7 Å². The van der Waals surface area contributed by atoms with Crippen molar-refractivity contribution >= 4 is 45.9 Å². The Bertz CT molecular complexity index is 1260. The summed E-state index contributed by atoms with van der Waals surface area (Å²) in [7, 11) is 1.68. The van der Waals surface area contributed by atoms with Crippen LogP contribution >= 0.6 is 22.7 Å². The number of rotatable bonds is 6. The first-order valence-electron chi connectivity index (χ1n) is 10.5. The lowest BCUT2D eigenvalue weighted by molar-refractivity contribution is -0.117. The molecule has 0 aliphatic carbocycles. The fourth-order valence-corrected chi connectivity index (χ4v) is 5.66. The van der Waals surface area contributed by atoms with E-state index in [2.05, 4.69) is 81.7 Å². The van der Waals surface area contributed by atoms with Gasteiger partial charge in [0.1, 0.15) is 11.5 Å². The zero-order valence-corrected chi connectivity index (χ0v) is 19.6. The van der Waals surface area contributed by atoms with Crippen LogP contribution in [0.4, 0.5) is 5.69 Å². The molecule has 160 valence electrons. The Kier molecular flexibility index (Phi) is 5.68. The lowest BCUT2D eigenvalue weighted by Crippen LogP contribution is -2.31. The summed E-state index contributed by atoms with van der Waals surface area (Å²) in [5.74, 6) is 0.966.